The number of rotatable bonds is 9. The number of hydrogen-bond donors (Lipinski definition) is 1. The van der Waals surface area contributed by atoms with E-state index in [1.165, 1.54) is 0 Å². The van der Waals surface area contributed by atoms with E-state index in [1.807, 2.05) is 45.0 Å². The van der Waals surface area contributed by atoms with Crippen LogP contribution in [-0.2, 0) is 21.4 Å². The van der Waals surface area contributed by atoms with Crippen LogP contribution in [0.3, 0.4) is 0 Å². The van der Waals surface area contributed by atoms with Gasteiger partial charge < -0.3 is 10.1 Å². The number of nitrogens with zero attached hydrogens (tertiary/aromatic N) is 1. The number of anilines is 1. The standard InChI is InChI=1S/C25H28N2O4S/c1-19(2)31-23-13-11-21(12-14-23)17-26-25(28)18-27(22-7-5-4-6-8-22)32(29,30)24-15-9-20(3)10-16-24/h4-16,19H,17-18H2,1-3H3,(H,26,28). The molecule has 3 aromatic rings. The van der Waals surface area contributed by atoms with E-state index in [4.69, 9.17) is 4.74 Å². The second-order valence-corrected chi connectivity index (χ2v) is 9.61. The van der Waals surface area contributed by atoms with Gasteiger partial charge in [-0.25, -0.2) is 8.42 Å². The van der Waals surface area contributed by atoms with Gasteiger partial charge in [0.25, 0.3) is 10.0 Å². The molecular weight excluding hydrogens is 424 g/mol. The van der Waals surface area contributed by atoms with Gasteiger partial charge in [0.2, 0.25) is 5.91 Å². The van der Waals surface area contributed by atoms with Crippen molar-refractivity contribution in [1.82, 2.24) is 5.32 Å². The first kappa shape index (κ1) is 23.3. The monoisotopic (exact) mass is 452 g/mol. The van der Waals surface area contributed by atoms with Crippen molar-refractivity contribution in [2.24, 2.45) is 0 Å². The molecule has 0 heterocycles. The molecule has 1 amide bonds. The summed E-state index contributed by atoms with van der Waals surface area (Å²) in [5, 5.41) is 2.81. The summed E-state index contributed by atoms with van der Waals surface area (Å²) < 4.78 is 33.4. The zero-order chi connectivity index (χ0) is 23.1. The van der Waals surface area contributed by atoms with Crippen molar-refractivity contribution in [3.8, 4) is 5.75 Å². The Balaban J connectivity index is 1.74. The molecule has 32 heavy (non-hydrogen) atoms. The molecule has 0 bridgehead atoms. The van der Waals surface area contributed by atoms with E-state index in [0.717, 1.165) is 21.2 Å². The van der Waals surface area contributed by atoms with Gasteiger partial charge in [0.15, 0.2) is 0 Å². The van der Waals surface area contributed by atoms with Gasteiger partial charge in [-0.2, -0.15) is 0 Å². The van der Waals surface area contributed by atoms with Crippen LogP contribution in [0.4, 0.5) is 5.69 Å². The van der Waals surface area contributed by atoms with Gasteiger partial charge in [0.05, 0.1) is 16.7 Å². The van der Waals surface area contributed by atoms with E-state index < -0.39 is 15.9 Å². The van der Waals surface area contributed by atoms with E-state index in [-0.39, 0.29) is 24.1 Å². The van der Waals surface area contributed by atoms with E-state index in [2.05, 4.69) is 5.32 Å². The van der Waals surface area contributed by atoms with Crippen molar-refractivity contribution < 1.29 is 17.9 Å². The third-order valence-electron chi connectivity index (χ3n) is 4.73. The fraction of sp³-hybridized carbons (Fsp3) is 0.240. The minimum absolute atomic E-state index is 0.0833. The van der Waals surface area contributed by atoms with Crippen LogP contribution in [0, 0.1) is 6.92 Å². The molecule has 0 unspecified atom stereocenters. The van der Waals surface area contributed by atoms with Crippen LogP contribution in [0.1, 0.15) is 25.0 Å². The Bertz CT molecular complexity index is 1130. The van der Waals surface area contributed by atoms with Gasteiger partial charge in [-0.1, -0.05) is 48.0 Å². The molecule has 0 aliphatic rings. The number of ether oxygens (including phenoxy) is 1. The summed E-state index contributed by atoms with van der Waals surface area (Å²) in [7, 11) is -3.91. The Morgan fingerprint density at radius 2 is 1.56 bits per heavy atom. The number of carbonyl (C=O) groups is 1. The SMILES string of the molecule is Cc1ccc(S(=O)(=O)N(CC(=O)NCc2ccc(OC(C)C)cc2)c2ccccc2)cc1. The van der Waals surface area contributed by atoms with E-state index >= 15 is 0 Å². The molecule has 168 valence electrons. The number of amides is 1. The van der Waals surface area contributed by atoms with E-state index in [0.29, 0.717) is 5.69 Å². The molecule has 7 heteroatoms. The maximum Gasteiger partial charge on any atom is 0.264 e. The van der Waals surface area contributed by atoms with Gasteiger partial charge in [-0.05, 0) is 62.7 Å². The number of benzene rings is 3. The zero-order valence-corrected chi connectivity index (χ0v) is 19.3. The van der Waals surface area contributed by atoms with E-state index in [1.54, 1.807) is 54.6 Å². The maximum atomic E-state index is 13.3. The molecule has 0 spiro atoms. The summed E-state index contributed by atoms with van der Waals surface area (Å²) in [5.74, 6) is 0.363. The van der Waals surface area contributed by atoms with E-state index in [9.17, 15) is 13.2 Å². The fourth-order valence-electron chi connectivity index (χ4n) is 3.09. The van der Waals surface area contributed by atoms with Crippen LogP contribution >= 0.6 is 0 Å². The Morgan fingerprint density at radius 3 is 2.16 bits per heavy atom. The minimum Gasteiger partial charge on any atom is -0.491 e. The lowest BCUT2D eigenvalue weighted by Crippen LogP contribution is -2.40. The van der Waals surface area contributed by atoms with Crippen LogP contribution < -0.4 is 14.4 Å². The van der Waals surface area contributed by atoms with Crippen molar-refractivity contribution >= 4 is 21.6 Å². The third-order valence-corrected chi connectivity index (χ3v) is 6.51. The summed E-state index contributed by atoms with van der Waals surface area (Å²) in [5.41, 5.74) is 2.28. The topological polar surface area (TPSA) is 75.7 Å². The van der Waals surface area contributed by atoms with Crippen molar-refractivity contribution in [2.75, 3.05) is 10.8 Å². The maximum absolute atomic E-state index is 13.3. The second-order valence-electron chi connectivity index (χ2n) is 7.75. The fourth-order valence-corrected chi connectivity index (χ4v) is 4.51. The van der Waals surface area contributed by atoms with Gasteiger partial charge in [-0.3, -0.25) is 9.10 Å². The van der Waals surface area contributed by atoms with Gasteiger partial charge in [-0.15, -0.1) is 0 Å². The average Bonchev–Trinajstić information content (AvgIpc) is 2.77. The molecule has 6 nitrogen and oxygen atoms in total. The van der Waals surface area contributed by atoms with Crippen molar-refractivity contribution in [2.45, 2.75) is 38.3 Å². The Kier molecular flexibility index (Phi) is 7.53. The second kappa shape index (κ2) is 10.3. The summed E-state index contributed by atoms with van der Waals surface area (Å²) >= 11 is 0. The van der Waals surface area contributed by atoms with Crippen LogP contribution in [-0.4, -0.2) is 27.0 Å². The Hall–Kier alpha value is -3.32. The summed E-state index contributed by atoms with van der Waals surface area (Å²) in [4.78, 5) is 12.8. The molecule has 0 saturated heterocycles. The zero-order valence-electron chi connectivity index (χ0n) is 18.5. The number of sulfonamides is 1. The normalized spacial score (nSPS) is 11.2. The Morgan fingerprint density at radius 1 is 0.938 bits per heavy atom. The lowest BCUT2D eigenvalue weighted by Gasteiger charge is -2.24. The molecular formula is C25H28N2O4S. The summed E-state index contributed by atoms with van der Waals surface area (Å²) in [6.07, 6.45) is 0.0833. The van der Waals surface area contributed by atoms with Crippen LogP contribution in [0.5, 0.6) is 5.75 Å². The van der Waals surface area contributed by atoms with Gasteiger partial charge in [0.1, 0.15) is 12.3 Å². The first-order valence-electron chi connectivity index (χ1n) is 10.4. The number of hydrogen-bond acceptors (Lipinski definition) is 4. The number of aryl methyl sites for hydroxylation is 1. The van der Waals surface area contributed by atoms with Crippen LogP contribution in [0.25, 0.3) is 0 Å². The summed E-state index contributed by atoms with van der Waals surface area (Å²) in [6.45, 7) is 5.76. The largest absolute Gasteiger partial charge is 0.491 e. The van der Waals surface area contributed by atoms with Gasteiger partial charge in [0, 0.05) is 6.54 Å². The minimum atomic E-state index is -3.91. The molecule has 3 rings (SSSR count). The Labute approximate surface area is 189 Å². The molecule has 0 aliphatic heterocycles. The predicted molar refractivity (Wildman–Crippen MR) is 126 cm³/mol. The highest BCUT2D eigenvalue weighted by Crippen LogP contribution is 2.23. The lowest BCUT2D eigenvalue weighted by atomic mass is 10.2. The molecule has 0 aromatic heterocycles. The molecule has 0 atom stereocenters. The van der Waals surface area contributed by atoms with Crippen LogP contribution in [0.2, 0.25) is 0 Å². The quantitative estimate of drug-likeness (QED) is 0.525. The highest BCUT2D eigenvalue weighted by molar-refractivity contribution is 7.92. The predicted octanol–water partition coefficient (Wildman–Crippen LogP) is 4.29. The smallest absolute Gasteiger partial charge is 0.264 e. The van der Waals surface area contributed by atoms with Crippen molar-refractivity contribution in [3.63, 3.8) is 0 Å². The molecule has 3 aromatic carbocycles. The summed E-state index contributed by atoms with van der Waals surface area (Å²) in [6, 6.07) is 22.7. The number of para-hydroxylation sites is 1. The first-order valence-corrected chi connectivity index (χ1v) is 11.9. The number of nitrogens with one attached hydrogen (secondary N) is 1. The van der Waals surface area contributed by atoms with Crippen molar-refractivity contribution in [1.29, 1.82) is 0 Å². The molecule has 0 saturated carbocycles. The highest BCUT2D eigenvalue weighted by atomic mass is 32.2. The molecule has 1 N–H and O–H groups in total. The average molecular weight is 453 g/mol. The lowest BCUT2D eigenvalue weighted by molar-refractivity contribution is -0.119. The van der Waals surface area contributed by atoms with Gasteiger partial charge >= 0.3 is 0 Å². The molecule has 0 fully saturated rings. The van der Waals surface area contributed by atoms with Crippen molar-refractivity contribution in [3.05, 3.63) is 90.0 Å². The molecule has 0 aliphatic carbocycles. The number of carbonyl (C=O) groups excluding carboxylic acids is 1. The first-order chi connectivity index (χ1) is 15.3. The molecule has 0 radical (unpaired) electrons. The highest BCUT2D eigenvalue weighted by Gasteiger charge is 2.27. The third kappa shape index (κ3) is 6.11. The van der Waals surface area contributed by atoms with Crippen LogP contribution in [0.15, 0.2) is 83.8 Å².